The van der Waals surface area contributed by atoms with E-state index in [4.69, 9.17) is 5.11 Å². The molecule has 1 aliphatic rings. The molecule has 0 spiro atoms. The number of carbonyl (C=O) groups is 2. The average Bonchev–Trinajstić information content (AvgIpc) is 2.86. The van der Waals surface area contributed by atoms with Crippen molar-refractivity contribution < 1.29 is 14.7 Å². The quantitative estimate of drug-likeness (QED) is 0.841. The third kappa shape index (κ3) is 2.95. The van der Waals surface area contributed by atoms with Crippen LogP contribution in [-0.2, 0) is 4.79 Å². The predicted octanol–water partition coefficient (Wildman–Crippen LogP) is 2.27. The van der Waals surface area contributed by atoms with Crippen LogP contribution in [0.5, 0.6) is 0 Å². The molecule has 90 valence electrons. The smallest absolute Gasteiger partial charge is 0.310 e. The molecular weight excluding hydrogens is 306 g/mol. The van der Waals surface area contributed by atoms with Crippen molar-refractivity contribution in [3.8, 4) is 0 Å². The number of hydrogen-bond donors (Lipinski definition) is 2. The third-order valence-corrected chi connectivity index (χ3v) is 4.05. The maximum absolute atomic E-state index is 11.8. The van der Waals surface area contributed by atoms with Gasteiger partial charge < -0.3 is 10.4 Å². The van der Waals surface area contributed by atoms with Gasteiger partial charge in [-0.2, -0.15) is 0 Å². The third-order valence-electron chi connectivity index (χ3n) is 2.55. The van der Waals surface area contributed by atoms with Gasteiger partial charge in [0.25, 0.3) is 5.91 Å². The molecule has 1 aromatic rings. The fraction of sp³-hybridized carbons (Fsp3) is 0.273. The Morgan fingerprint density at radius 3 is 2.76 bits per heavy atom. The molecule has 2 atom stereocenters. The first-order valence-corrected chi connectivity index (χ1v) is 6.69. The van der Waals surface area contributed by atoms with Gasteiger partial charge in [-0.1, -0.05) is 12.2 Å². The topological polar surface area (TPSA) is 66.4 Å². The molecule has 17 heavy (non-hydrogen) atoms. The summed E-state index contributed by atoms with van der Waals surface area (Å²) in [4.78, 5) is 22.5. The molecular formula is C11H10BrNO3S. The van der Waals surface area contributed by atoms with Crippen molar-refractivity contribution in [2.45, 2.75) is 12.5 Å². The van der Waals surface area contributed by atoms with Gasteiger partial charge in [-0.3, -0.25) is 9.59 Å². The van der Waals surface area contributed by atoms with E-state index in [0.717, 1.165) is 3.79 Å². The number of carboxylic acids is 1. The van der Waals surface area contributed by atoms with Crippen LogP contribution in [0.3, 0.4) is 0 Å². The first-order chi connectivity index (χ1) is 8.06. The van der Waals surface area contributed by atoms with E-state index < -0.39 is 11.9 Å². The van der Waals surface area contributed by atoms with Gasteiger partial charge in [-0.15, -0.1) is 11.3 Å². The van der Waals surface area contributed by atoms with E-state index in [1.807, 2.05) is 0 Å². The van der Waals surface area contributed by atoms with Crippen molar-refractivity contribution >= 4 is 39.1 Å². The number of rotatable bonds is 3. The van der Waals surface area contributed by atoms with Crippen LogP contribution in [0.4, 0.5) is 0 Å². The van der Waals surface area contributed by atoms with Crippen LogP contribution in [0.2, 0.25) is 0 Å². The van der Waals surface area contributed by atoms with Gasteiger partial charge in [0.1, 0.15) is 0 Å². The Morgan fingerprint density at radius 2 is 2.24 bits per heavy atom. The van der Waals surface area contributed by atoms with E-state index in [2.05, 4.69) is 21.2 Å². The molecule has 0 saturated carbocycles. The molecule has 0 fully saturated rings. The molecule has 0 bridgehead atoms. The first kappa shape index (κ1) is 12.3. The first-order valence-electron chi connectivity index (χ1n) is 5.02. The lowest BCUT2D eigenvalue weighted by atomic mass is 10.1. The summed E-state index contributed by atoms with van der Waals surface area (Å²) in [7, 11) is 0. The summed E-state index contributed by atoms with van der Waals surface area (Å²) in [6.07, 6.45) is 3.78. The Morgan fingerprint density at radius 1 is 1.47 bits per heavy atom. The van der Waals surface area contributed by atoms with Crippen LogP contribution in [0.25, 0.3) is 0 Å². The monoisotopic (exact) mass is 315 g/mol. The van der Waals surface area contributed by atoms with Crippen LogP contribution in [0.15, 0.2) is 27.4 Å². The SMILES string of the molecule is O=C(NC1C=CC(C(=O)O)C1)c1csc(Br)c1. The Balaban J connectivity index is 1.93. The number of amides is 1. The molecule has 6 heteroatoms. The highest BCUT2D eigenvalue weighted by molar-refractivity contribution is 9.11. The maximum atomic E-state index is 11.8. The van der Waals surface area contributed by atoms with Gasteiger partial charge in [0.15, 0.2) is 0 Å². The minimum atomic E-state index is -0.851. The second kappa shape index (κ2) is 5.01. The molecule has 2 rings (SSSR count). The van der Waals surface area contributed by atoms with Crippen molar-refractivity contribution in [3.05, 3.63) is 32.9 Å². The molecule has 4 nitrogen and oxygen atoms in total. The summed E-state index contributed by atoms with van der Waals surface area (Å²) >= 11 is 4.73. The van der Waals surface area contributed by atoms with E-state index in [-0.39, 0.29) is 11.9 Å². The van der Waals surface area contributed by atoms with Crippen molar-refractivity contribution in [2.75, 3.05) is 0 Å². The summed E-state index contributed by atoms with van der Waals surface area (Å²) < 4.78 is 0.896. The van der Waals surface area contributed by atoms with Gasteiger partial charge in [0, 0.05) is 11.4 Å². The Bertz CT molecular complexity index is 483. The molecule has 0 aromatic carbocycles. The standard InChI is InChI=1S/C11H10BrNO3S/c12-9-4-7(5-17-9)10(14)13-8-2-1-6(3-8)11(15)16/h1-2,4-6,8H,3H2,(H,13,14)(H,15,16). The summed E-state index contributed by atoms with van der Waals surface area (Å²) in [5, 5.41) is 13.4. The molecule has 0 radical (unpaired) electrons. The lowest BCUT2D eigenvalue weighted by molar-refractivity contribution is -0.140. The van der Waals surface area contributed by atoms with Crippen LogP contribution in [0.1, 0.15) is 16.8 Å². The highest BCUT2D eigenvalue weighted by Crippen LogP contribution is 2.22. The zero-order valence-corrected chi connectivity index (χ0v) is 11.1. The van der Waals surface area contributed by atoms with E-state index in [0.29, 0.717) is 12.0 Å². The van der Waals surface area contributed by atoms with E-state index in [1.165, 1.54) is 11.3 Å². The molecule has 0 aliphatic heterocycles. The predicted molar refractivity (Wildman–Crippen MR) is 68.2 cm³/mol. The lowest BCUT2D eigenvalue weighted by Crippen LogP contribution is -2.33. The van der Waals surface area contributed by atoms with Crippen molar-refractivity contribution in [3.63, 3.8) is 0 Å². The van der Waals surface area contributed by atoms with Crippen LogP contribution >= 0.6 is 27.3 Å². The summed E-state index contributed by atoms with van der Waals surface area (Å²) in [5.74, 6) is -1.52. The van der Waals surface area contributed by atoms with Crippen molar-refractivity contribution in [1.82, 2.24) is 5.32 Å². The fourth-order valence-electron chi connectivity index (χ4n) is 1.67. The highest BCUT2D eigenvalue weighted by atomic mass is 79.9. The minimum absolute atomic E-state index is 0.173. The fourth-order valence-corrected chi connectivity index (χ4v) is 2.81. The van der Waals surface area contributed by atoms with Gasteiger partial charge >= 0.3 is 5.97 Å². The number of nitrogens with one attached hydrogen (secondary N) is 1. The van der Waals surface area contributed by atoms with Gasteiger partial charge in [-0.05, 0) is 28.4 Å². The number of halogens is 1. The average molecular weight is 316 g/mol. The van der Waals surface area contributed by atoms with Gasteiger partial charge in [0.05, 0.1) is 15.3 Å². The zero-order chi connectivity index (χ0) is 12.4. The van der Waals surface area contributed by atoms with E-state index in [9.17, 15) is 9.59 Å². The van der Waals surface area contributed by atoms with E-state index >= 15 is 0 Å². The van der Waals surface area contributed by atoms with Gasteiger partial charge in [-0.25, -0.2) is 0 Å². The number of carbonyl (C=O) groups excluding carboxylic acids is 1. The van der Waals surface area contributed by atoms with Crippen LogP contribution in [-0.4, -0.2) is 23.0 Å². The molecule has 1 amide bonds. The van der Waals surface area contributed by atoms with E-state index in [1.54, 1.807) is 23.6 Å². The second-order valence-corrected chi connectivity index (χ2v) is 6.08. The van der Waals surface area contributed by atoms with Gasteiger partial charge in [0.2, 0.25) is 0 Å². The molecule has 1 aromatic heterocycles. The molecule has 2 unspecified atom stereocenters. The molecule has 1 heterocycles. The largest absolute Gasteiger partial charge is 0.481 e. The maximum Gasteiger partial charge on any atom is 0.310 e. The Labute approximate surface area is 110 Å². The van der Waals surface area contributed by atoms with Crippen LogP contribution in [0, 0.1) is 5.92 Å². The Kier molecular flexibility index (Phi) is 3.63. The number of thiophene rings is 1. The second-order valence-electron chi connectivity index (χ2n) is 3.78. The van der Waals surface area contributed by atoms with Crippen LogP contribution < -0.4 is 5.32 Å². The zero-order valence-electron chi connectivity index (χ0n) is 8.72. The summed E-state index contributed by atoms with van der Waals surface area (Å²) in [6.45, 7) is 0. The molecule has 0 saturated heterocycles. The number of hydrogen-bond acceptors (Lipinski definition) is 3. The summed E-state index contributed by atoms with van der Waals surface area (Å²) in [6, 6.07) is 1.55. The molecule has 2 N–H and O–H groups in total. The van der Waals surface area contributed by atoms with Crippen molar-refractivity contribution in [2.24, 2.45) is 5.92 Å². The Hall–Kier alpha value is -1.14. The number of carboxylic acid groups (broad SMARTS) is 1. The number of aliphatic carboxylic acids is 1. The summed E-state index contributed by atoms with van der Waals surface area (Å²) in [5.41, 5.74) is 0.592. The normalized spacial score (nSPS) is 22.6. The minimum Gasteiger partial charge on any atom is -0.481 e. The lowest BCUT2D eigenvalue weighted by Gasteiger charge is -2.11. The van der Waals surface area contributed by atoms with Crippen molar-refractivity contribution in [1.29, 1.82) is 0 Å². The molecule has 1 aliphatic carbocycles. The highest BCUT2D eigenvalue weighted by Gasteiger charge is 2.25.